The lowest BCUT2D eigenvalue weighted by molar-refractivity contribution is 0.353. The molecule has 2 aromatic rings. The predicted molar refractivity (Wildman–Crippen MR) is 86.5 cm³/mol. The first-order valence-electron chi connectivity index (χ1n) is 7.14. The van der Waals surface area contributed by atoms with Crippen molar-refractivity contribution in [3.63, 3.8) is 0 Å². The molecule has 1 N–H and O–H groups in total. The fourth-order valence-corrected chi connectivity index (χ4v) is 3.84. The van der Waals surface area contributed by atoms with Crippen molar-refractivity contribution in [1.82, 2.24) is 4.72 Å². The lowest BCUT2D eigenvalue weighted by Crippen LogP contribution is -2.34. The maximum absolute atomic E-state index is 12.6. The molecule has 0 saturated heterocycles. The molecule has 7 heteroatoms. The topological polar surface area (TPSA) is 77.8 Å². The van der Waals surface area contributed by atoms with E-state index in [1.807, 2.05) is 6.07 Å². The van der Waals surface area contributed by atoms with Gasteiger partial charge in [-0.25, -0.2) is 13.1 Å². The summed E-state index contributed by atoms with van der Waals surface area (Å²) in [5.74, 6) is 1.59. The van der Waals surface area contributed by atoms with Gasteiger partial charge in [-0.15, -0.1) is 0 Å². The molecule has 1 aromatic heterocycles. The number of nitrogens with one attached hydrogen (secondary N) is 1. The van der Waals surface area contributed by atoms with Gasteiger partial charge in [0.05, 0.1) is 25.4 Å². The average molecular weight is 339 g/mol. The van der Waals surface area contributed by atoms with E-state index in [1.54, 1.807) is 32.2 Å². The van der Waals surface area contributed by atoms with Gasteiger partial charge in [-0.2, -0.15) is 0 Å². The second-order valence-corrected chi connectivity index (χ2v) is 6.96. The van der Waals surface area contributed by atoms with Crippen molar-refractivity contribution in [3.05, 3.63) is 41.9 Å². The molecule has 1 heterocycles. The average Bonchev–Trinajstić information content (AvgIpc) is 2.98. The zero-order valence-electron chi connectivity index (χ0n) is 13.6. The molecular formula is C16H21NO5S. The van der Waals surface area contributed by atoms with Gasteiger partial charge in [0.25, 0.3) is 0 Å². The lowest BCUT2D eigenvalue weighted by Gasteiger charge is -2.16. The molecule has 23 heavy (non-hydrogen) atoms. The van der Waals surface area contributed by atoms with Crippen molar-refractivity contribution in [3.8, 4) is 11.5 Å². The van der Waals surface area contributed by atoms with Crippen LogP contribution in [0.2, 0.25) is 0 Å². The van der Waals surface area contributed by atoms with Crippen molar-refractivity contribution in [2.75, 3.05) is 14.2 Å². The van der Waals surface area contributed by atoms with E-state index in [9.17, 15) is 8.42 Å². The fourth-order valence-electron chi connectivity index (χ4n) is 2.35. The van der Waals surface area contributed by atoms with E-state index in [-0.39, 0.29) is 10.9 Å². The summed E-state index contributed by atoms with van der Waals surface area (Å²) < 4.78 is 43.5. The third-order valence-electron chi connectivity index (χ3n) is 3.41. The SMILES string of the molecule is COc1cc(C)c(S(=O)(=O)N[C@H](C)Cc2ccco2)cc1OC. The van der Waals surface area contributed by atoms with Gasteiger partial charge in [0.2, 0.25) is 10.0 Å². The third-order valence-corrected chi connectivity index (χ3v) is 5.15. The molecule has 1 aromatic carbocycles. The quantitative estimate of drug-likeness (QED) is 0.839. The number of furan rings is 1. The Hall–Kier alpha value is -1.99. The molecule has 0 aliphatic rings. The van der Waals surface area contributed by atoms with Gasteiger partial charge in [-0.05, 0) is 37.6 Å². The van der Waals surface area contributed by atoms with Crippen LogP contribution in [0.5, 0.6) is 11.5 Å². The lowest BCUT2D eigenvalue weighted by atomic mass is 10.2. The van der Waals surface area contributed by atoms with E-state index >= 15 is 0 Å². The van der Waals surface area contributed by atoms with Crippen LogP contribution >= 0.6 is 0 Å². The normalized spacial score (nSPS) is 12.9. The Morgan fingerprint density at radius 1 is 1.22 bits per heavy atom. The number of hydrogen-bond acceptors (Lipinski definition) is 5. The molecule has 6 nitrogen and oxygen atoms in total. The van der Waals surface area contributed by atoms with Crippen molar-refractivity contribution in [1.29, 1.82) is 0 Å². The van der Waals surface area contributed by atoms with Crippen LogP contribution in [0.4, 0.5) is 0 Å². The Kier molecular flexibility index (Phi) is 5.33. The van der Waals surface area contributed by atoms with Crippen molar-refractivity contribution in [2.45, 2.75) is 31.2 Å². The molecule has 1 atom stereocenters. The Bertz CT molecular complexity index is 753. The predicted octanol–water partition coefficient (Wildman–Crippen LogP) is 2.51. The first kappa shape index (κ1) is 17.4. The highest BCUT2D eigenvalue weighted by Gasteiger charge is 2.22. The van der Waals surface area contributed by atoms with Gasteiger partial charge in [0.15, 0.2) is 11.5 Å². The zero-order chi connectivity index (χ0) is 17.0. The molecule has 0 unspecified atom stereocenters. The second-order valence-electron chi connectivity index (χ2n) is 5.28. The van der Waals surface area contributed by atoms with E-state index in [1.165, 1.54) is 20.3 Å². The van der Waals surface area contributed by atoms with Crippen LogP contribution in [0, 0.1) is 6.92 Å². The van der Waals surface area contributed by atoms with Crippen molar-refractivity contribution < 1.29 is 22.3 Å². The van der Waals surface area contributed by atoms with Crippen LogP contribution in [0.3, 0.4) is 0 Å². The summed E-state index contributed by atoms with van der Waals surface area (Å²) in [6.45, 7) is 3.50. The van der Waals surface area contributed by atoms with E-state index in [0.717, 1.165) is 5.76 Å². The Morgan fingerprint density at radius 2 is 1.87 bits per heavy atom. The highest BCUT2D eigenvalue weighted by molar-refractivity contribution is 7.89. The highest BCUT2D eigenvalue weighted by atomic mass is 32.2. The first-order chi connectivity index (χ1) is 10.9. The van der Waals surface area contributed by atoms with Crippen LogP contribution in [0.1, 0.15) is 18.2 Å². The Balaban J connectivity index is 2.25. The minimum Gasteiger partial charge on any atom is -0.493 e. The van der Waals surface area contributed by atoms with Gasteiger partial charge in [0.1, 0.15) is 5.76 Å². The number of methoxy groups -OCH3 is 2. The van der Waals surface area contributed by atoms with E-state index in [2.05, 4.69) is 4.72 Å². The Morgan fingerprint density at radius 3 is 2.43 bits per heavy atom. The van der Waals surface area contributed by atoms with Crippen molar-refractivity contribution in [2.24, 2.45) is 0 Å². The second kappa shape index (κ2) is 7.06. The molecule has 126 valence electrons. The third kappa shape index (κ3) is 4.05. The molecule has 0 saturated carbocycles. The Labute approximate surface area is 136 Å². The number of sulfonamides is 1. The summed E-state index contributed by atoms with van der Waals surface area (Å²) in [6.07, 6.45) is 2.04. The van der Waals surface area contributed by atoms with Crippen LogP contribution in [-0.2, 0) is 16.4 Å². The first-order valence-corrected chi connectivity index (χ1v) is 8.63. The van der Waals surface area contributed by atoms with E-state index < -0.39 is 10.0 Å². The standard InChI is InChI=1S/C16H21NO5S/c1-11-8-14(20-3)15(21-4)10-16(11)23(18,19)17-12(2)9-13-6-5-7-22-13/h5-8,10,12,17H,9H2,1-4H3/t12-/m1/s1. The molecule has 0 aliphatic carbocycles. The van der Waals surface area contributed by atoms with Gasteiger partial charge >= 0.3 is 0 Å². The van der Waals surface area contributed by atoms with E-state index in [0.29, 0.717) is 23.5 Å². The summed E-state index contributed by atoms with van der Waals surface area (Å²) in [6, 6.07) is 6.39. The minimum absolute atomic E-state index is 0.168. The highest BCUT2D eigenvalue weighted by Crippen LogP contribution is 2.32. The van der Waals surface area contributed by atoms with Crippen LogP contribution in [0.15, 0.2) is 39.8 Å². The van der Waals surface area contributed by atoms with E-state index in [4.69, 9.17) is 13.9 Å². The molecule has 0 bridgehead atoms. The number of ether oxygens (including phenoxy) is 2. The maximum atomic E-state index is 12.6. The van der Waals surface area contributed by atoms with Crippen LogP contribution in [-0.4, -0.2) is 28.7 Å². The summed E-state index contributed by atoms with van der Waals surface area (Å²) in [5.41, 5.74) is 0.584. The summed E-state index contributed by atoms with van der Waals surface area (Å²) >= 11 is 0. The minimum atomic E-state index is -3.68. The van der Waals surface area contributed by atoms with Crippen LogP contribution < -0.4 is 14.2 Å². The fraction of sp³-hybridized carbons (Fsp3) is 0.375. The molecular weight excluding hydrogens is 318 g/mol. The van der Waals surface area contributed by atoms with Gasteiger partial charge in [-0.1, -0.05) is 0 Å². The molecule has 0 fully saturated rings. The molecule has 0 spiro atoms. The molecule has 0 amide bonds. The number of benzene rings is 1. The summed E-state index contributed by atoms with van der Waals surface area (Å²) in [7, 11) is -0.700. The van der Waals surface area contributed by atoms with Gasteiger partial charge < -0.3 is 13.9 Å². The molecule has 2 rings (SSSR count). The summed E-state index contributed by atoms with van der Waals surface area (Å²) in [4.78, 5) is 0.168. The van der Waals surface area contributed by atoms with Crippen LogP contribution in [0.25, 0.3) is 0 Å². The monoisotopic (exact) mass is 339 g/mol. The maximum Gasteiger partial charge on any atom is 0.241 e. The molecule has 0 radical (unpaired) electrons. The summed E-state index contributed by atoms with van der Waals surface area (Å²) in [5, 5.41) is 0. The molecule has 0 aliphatic heterocycles. The number of rotatable bonds is 7. The van der Waals surface area contributed by atoms with Gasteiger partial charge in [-0.3, -0.25) is 0 Å². The largest absolute Gasteiger partial charge is 0.493 e. The smallest absolute Gasteiger partial charge is 0.241 e. The zero-order valence-corrected chi connectivity index (χ0v) is 14.4. The van der Waals surface area contributed by atoms with Gasteiger partial charge in [0, 0.05) is 18.5 Å². The number of hydrogen-bond donors (Lipinski definition) is 1. The van der Waals surface area contributed by atoms with Crippen molar-refractivity contribution >= 4 is 10.0 Å². The number of aryl methyl sites for hydroxylation is 1.